The maximum atomic E-state index is 11.3. The molecule has 0 fully saturated rings. The van der Waals surface area contributed by atoms with E-state index in [9.17, 15) is 16.8 Å². The lowest BCUT2D eigenvalue weighted by atomic mass is 10.2. The van der Waals surface area contributed by atoms with Crippen molar-refractivity contribution in [2.75, 3.05) is 10.5 Å². The molecule has 8 heteroatoms. The van der Waals surface area contributed by atoms with Crippen LogP contribution in [0, 0.1) is 6.92 Å². The fraction of sp³-hybridized carbons (Fsp3) is 0.333. The third kappa shape index (κ3) is 3.69. The highest BCUT2D eigenvalue weighted by atomic mass is 32.2. The van der Waals surface area contributed by atoms with Crippen molar-refractivity contribution in [3.05, 3.63) is 23.8 Å². The van der Waals surface area contributed by atoms with Crippen molar-refractivity contribution >= 4 is 25.7 Å². The van der Waals surface area contributed by atoms with Gasteiger partial charge in [0.1, 0.15) is 0 Å². The van der Waals surface area contributed by atoms with Crippen LogP contribution >= 0.6 is 0 Å². The van der Waals surface area contributed by atoms with E-state index in [2.05, 4.69) is 4.72 Å². The van der Waals surface area contributed by atoms with Crippen molar-refractivity contribution in [3.63, 3.8) is 0 Å². The fourth-order valence-corrected chi connectivity index (χ4v) is 2.47. The topological polar surface area (TPSA) is 106 Å². The van der Waals surface area contributed by atoms with E-state index >= 15 is 0 Å². The molecule has 0 aliphatic heterocycles. The average Bonchev–Trinajstić information content (AvgIpc) is 2.19. The molecule has 1 rings (SSSR count). The van der Waals surface area contributed by atoms with Crippen LogP contribution in [0.4, 0.5) is 5.69 Å². The average molecular weight is 278 g/mol. The van der Waals surface area contributed by atoms with Crippen LogP contribution in [0.1, 0.15) is 12.5 Å². The summed E-state index contributed by atoms with van der Waals surface area (Å²) in [4.78, 5) is -0.0468. The lowest BCUT2D eigenvalue weighted by molar-refractivity contribution is 0.597. The van der Waals surface area contributed by atoms with Crippen LogP contribution in [0.5, 0.6) is 0 Å². The summed E-state index contributed by atoms with van der Waals surface area (Å²) in [5.74, 6) is -0.0522. The Morgan fingerprint density at radius 1 is 1.24 bits per heavy atom. The van der Waals surface area contributed by atoms with E-state index in [0.717, 1.165) is 0 Å². The highest BCUT2D eigenvalue weighted by Gasteiger charge is 2.12. The molecular weight excluding hydrogens is 264 g/mol. The van der Waals surface area contributed by atoms with Crippen LogP contribution < -0.4 is 9.86 Å². The van der Waals surface area contributed by atoms with Crippen LogP contribution in [0.15, 0.2) is 23.1 Å². The van der Waals surface area contributed by atoms with Gasteiger partial charge in [0, 0.05) is 0 Å². The van der Waals surface area contributed by atoms with Gasteiger partial charge in [-0.15, -0.1) is 0 Å². The summed E-state index contributed by atoms with van der Waals surface area (Å²) in [6.07, 6.45) is 0. The predicted molar refractivity (Wildman–Crippen MR) is 65.6 cm³/mol. The van der Waals surface area contributed by atoms with Crippen molar-refractivity contribution in [2.45, 2.75) is 18.7 Å². The minimum atomic E-state index is -3.77. The van der Waals surface area contributed by atoms with Gasteiger partial charge >= 0.3 is 0 Å². The minimum absolute atomic E-state index is 0.0468. The van der Waals surface area contributed by atoms with Gasteiger partial charge in [-0.25, -0.2) is 22.0 Å². The lowest BCUT2D eigenvalue weighted by Crippen LogP contribution is -2.16. The summed E-state index contributed by atoms with van der Waals surface area (Å²) in [6, 6.07) is 3.96. The van der Waals surface area contributed by atoms with E-state index in [4.69, 9.17) is 5.14 Å². The Morgan fingerprint density at radius 3 is 2.24 bits per heavy atom. The first kappa shape index (κ1) is 13.9. The highest BCUT2D eigenvalue weighted by Crippen LogP contribution is 2.19. The number of hydrogen-bond acceptors (Lipinski definition) is 4. The molecule has 0 aromatic heterocycles. The molecule has 0 heterocycles. The number of aryl methyl sites for hydroxylation is 1. The Bertz CT molecular complexity index is 620. The lowest BCUT2D eigenvalue weighted by Gasteiger charge is -2.10. The molecule has 0 unspecified atom stereocenters. The van der Waals surface area contributed by atoms with Gasteiger partial charge in [-0.3, -0.25) is 4.72 Å². The number of benzene rings is 1. The van der Waals surface area contributed by atoms with Crippen molar-refractivity contribution < 1.29 is 16.8 Å². The first-order valence-electron chi connectivity index (χ1n) is 4.79. The number of nitrogens with one attached hydrogen (secondary N) is 1. The van der Waals surface area contributed by atoms with Crippen LogP contribution in [-0.2, 0) is 20.0 Å². The van der Waals surface area contributed by atoms with E-state index < -0.39 is 20.0 Å². The summed E-state index contributed by atoms with van der Waals surface area (Å²) in [6.45, 7) is 3.11. The first-order valence-corrected chi connectivity index (χ1v) is 7.99. The standard InChI is InChI=1S/C9H14N2O4S2/c1-3-16(12,13)11-9-5-4-8(6-7(9)2)17(10,14)15/h4-6,11H,3H2,1-2H3,(H2,10,14,15). The van der Waals surface area contributed by atoms with Gasteiger partial charge in [0.15, 0.2) is 0 Å². The molecule has 0 saturated carbocycles. The zero-order valence-electron chi connectivity index (χ0n) is 9.47. The van der Waals surface area contributed by atoms with E-state index in [1.165, 1.54) is 25.1 Å². The highest BCUT2D eigenvalue weighted by molar-refractivity contribution is 7.92. The number of sulfonamides is 2. The van der Waals surface area contributed by atoms with E-state index in [0.29, 0.717) is 11.3 Å². The van der Waals surface area contributed by atoms with Gasteiger partial charge < -0.3 is 0 Å². The molecule has 0 aliphatic carbocycles. The Labute approximate surface area is 101 Å². The predicted octanol–water partition coefficient (Wildman–Crippen LogP) is 0.404. The number of primary sulfonamides is 1. The van der Waals surface area contributed by atoms with Gasteiger partial charge in [-0.1, -0.05) is 0 Å². The Kier molecular flexibility index (Phi) is 3.80. The number of hydrogen-bond donors (Lipinski definition) is 2. The van der Waals surface area contributed by atoms with E-state index in [-0.39, 0.29) is 10.6 Å². The van der Waals surface area contributed by atoms with Crippen LogP contribution in [0.25, 0.3) is 0 Å². The molecule has 0 amide bonds. The maximum absolute atomic E-state index is 11.3. The molecule has 0 radical (unpaired) electrons. The summed E-state index contributed by atoms with van der Waals surface area (Å²) in [5.41, 5.74) is 0.841. The monoisotopic (exact) mass is 278 g/mol. The normalized spacial score (nSPS) is 12.4. The Hall–Kier alpha value is -1.12. The summed E-state index contributed by atoms with van der Waals surface area (Å²) in [5, 5.41) is 4.96. The van der Waals surface area contributed by atoms with Gasteiger partial charge in [-0.2, -0.15) is 0 Å². The third-order valence-electron chi connectivity index (χ3n) is 2.17. The molecule has 0 saturated heterocycles. The van der Waals surface area contributed by atoms with Crippen molar-refractivity contribution in [2.24, 2.45) is 5.14 Å². The number of anilines is 1. The molecule has 0 spiro atoms. The molecule has 17 heavy (non-hydrogen) atoms. The Morgan fingerprint density at radius 2 is 1.82 bits per heavy atom. The number of nitrogens with two attached hydrogens (primary N) is 1. The molecular formula is C9H14N2O4S2. The molecule has 0 bridgehead atoms. The van der Waals surface area contributed by atoms with Gasteiger partial charge in [0.2, 0.25) is 20.0 Å². The second-order valence-electron chi connectivity index (χ2n) is 3.53. The molecule has 1 aromatic rings. The van der Waals surface area contributed by atoms with Gasteiger partial charge in [0.25, 0.3) is 0 Å². The summed E-state index contributed by atoms with van der Waals surface area (Å²) >= 11 is 0. The molecule has 1 aromatic carbocycles. The minimum Gasteiger partial charge on any atom is -0.283 e. The van der Waals surface area contributed by atoms with Crippen molar-refractivity contribution in [3.8, 4) is 0 Å². The van der Waals surface area contributed by atoms with Crippen LogP contribution in [0.3, 0.4) is 0 Å². The van der Waals surface area contributed by atoms with Crippen LogP contribution in [0.2, 0.25) is 0 Å². The second kappa shape index (κ2) is 4.63. The third-order valence-corrected chi connectivity index (χ3v) is 4.37. The van der Waals surface area contributed by atoms with E-state index in [1.807, 2.05) is 0 Å². The molecule has 0 atom stereocenters. The smallest absolute Gasteiger partial charge is 0.238 e. The van der Waals surface area contributed by atoms with E-state index in [1.54, 1.807) is 6.92 Å². The molecule has 6 nitrogen and oxygen atoms in total. The van der Waals surface area contributed by atoms with Gasteiger partial charge in [-0.05, 0) is 37.6 Å². The zero-order valence-corrected chi connectivity index (χ0v) is 11.1. The largest absolute Gasteiger partial charge is 0.283 e. The zero-order chi connectivity index (χ0) is 13.3. The molecule has 3 N–H and O–H groups in total. The Balaban J connectivity index is 3.16. The van der Waals surface area contributed by atoms with Crippen molar-refractivity contribution in [1.82, 2.24) is 0 Å². The maximum Gasteiger partial charge on any atom is 0.238 e. The van der Waals surface area contributed by atoms with Crippen molar-refractivity contribution in [1.29, 1.82) is 0 Å². The first-order chi connectivity index (χ1) is 7.65. The molecule has 96 valence electrons. The molecule has 0 aliphatic rings. The summed E-state index contributed by atoms with van der Waals surface area (Å²) in [7, 11) is -7.14. The SMILES string of the molecule is CCS(=O)(=O)Nc1ccc(S(N)(=O)=O)cc1C. The number of rotatable bonds is 4. The fourth-order valence-electron chi connectivity index (χ4n) is 1.17. The van der Waals surface area contributed by atoms with Gasteiger partial charge in [0.05, 0.1) is 16.3 Å². The second-order valence-corrected chi connectivity index (χ2v) is 7.10. The van der Waals surface area contributed by atoms with Crippen LogP contribution in [-0.4, -0.2) is 22.6 Å². The quantitative estimate of drug-likeness (QED) is 0.831. The summed E-state index contributed by atoms with van der Waals surface area (Å²) < 4.78 is 47.2.